The number of aromatic hydroxyl groups is 2. The van der Waals surface area contributed by atoms with E-state index in [1.54, 1.807) is 24.3 Å². The Bertz CT molecular complexity index is 808. The number of benzene rings is 2. The van der Waals surface area contributed by atoms with E-state index in [2.05, 4.69) is 26.0 Å². The summed E-state index contributed by atoms with van der Waals surface area (Å²) in [5, 5.41) is 22.2. The normalized spacial score (nSPS) is 10.4. The van der Waals surface area contributed by atoms with Gasteiger partial charge in [0.1, 0.15) is 17.1 Å². The lowest BCUT2D eigenvalue weighted by atomic mass is 10.0. The Morgan fingerprint density at radius 3 is 2.44 bits per heavy atom. The molecule has 6 nitrogen and oxygen atoms in total. The standard InChI is InChI=1S/C17H15BrClNO5/c1-25-17(24)15-11(16(19)13(22)8-12(15)21)6-7-14(23)20-10-4-2-9(18)3-5-10/h2-5,8,21-22H,6-7H2,1H3,(H,20,23). The second-order valence-electron chi connectivity index (χ2n) is 5.13. The minimum atomic E-state index is -0.803. The van der Waals surface area contributed by atoms with E-state index in [1.807, 2.05) is 0 Å². The zero-order valence-corrected chi connectivity index (χ0v) is 15.5. The number of halogens is 2. The number of phenols is 2. The van der Waals surface area contributed by atoms with Crippen LogP contribution in [-0.2, 0) is 16.0 Å². The van der Waals surface area contributed by atoms with E-state index >= 15 is 0 Å². The molecule has 0 radical (unpaired) electrons. The maximum Gasteiger partial charge on any atom is 0.341 e. The van der Waals surface area contributed by atoms with Gasteiger partial charge in [-0.25, -0.2) is 4.79 Å². The van der Waals surface area contributed by atoms with Crippen molar-refractivity contribution in [2.24, 2.45) is 0 Å². The van der Waals surface area contributed by atoms with Crippen LogP contribution in [0.1, 0.15) is 22.3 Å². The van der Waals surface area contributed by atoms with Crippen LogP contribution in [0.4, 0.5) is 5.69 Å². The van der Waals surface area contributed by atoms with Gasteiger partial charge in [0.05, 0.1) is 12.1 Å². The summed E-state index contributed by atoms with van der Waals surface area (Å²) in [7, 11) is 1.16. The number of ether oxygens (including phenoxy) is 1. The molecule has 0 unspecified atom stereocenters. The lowest BCUT2D eigenvalue weighted by molar-refractivity contribution is -0.116. The second kappa shape index (κ2) is 8.22. The van der Waals surface area contributed by atoms with E-state index < -0.39 is 11.7 Å². The van der Waals surface area contributed by atoms with Gasteiger partial charge in [0.15, 0.2) is 0 Å². The highest BCUT2D eigenvalue weighted by molar-refractivity contribution is 9.10. The van der Waals surface area contributed by atoms with Crippen molar-refractivity contribution in [3.05, 3.63) is 51.0 Å². The summed E-state index contributed by atoms with van der Waals surface area (Å²) in [5.41, 5.74) is 0.602. The van der Waals surface area contributed by atoms with E-state index in [1.165, 1.54) is 0 Å². The number of phenolic OH excluding ortho intramolecular Hbond substituents is 2. The first-order valence-electron chi connectivity index (χ1n) is 7.20. The van der Waals surface area contributed by atoms with E-state index in [4.69, 9.17) is 11.6 Å². The topological polar surface area (TPSA) is 95.9 Å². The molecule has 0 fully saturated rings. The number of amides is 1. The summed E-state index contributed by atoms with van der Waals surface area (Å²) in [6.45, 7) is 0. The molecule has 0 saturated carbocycles. The molecule has 0 aromatic heterocycles. The van der Waals surface area contributed by atoms with Crippen LogP contribution < -0.4 is 5.32 Å². The third-order valence-corrected chi connectivity index (χ3v) is 4.39. The van der Waals surface area contributed by atoms with Crippen LogP contribution in [0, 0.1) is 0 Å². The van der Waals surface area contributed by atoms with Gasteiger partial charge >= 0.3 is 5.97 Å². The average molecular weight is 429 g/mol. The number of nitrogens with one attached hydrogen (secondary N) is 1. The van der Waals surface area contributed by atoms with Crippen LogP contribution in [0.15, 0.2) is 34.8 Å². The number of methoxy groups -OCH3 is 1. The highest BCUT2D eigenvalue weighted by atomic mass is 79.9. The first kappa shape index (κ1) is 19.1. The summed E-state index contributed by atoms with van der Waals surface area (Å²) in [4.78, 5) is 24.0. The third kappa shape index (κ3) is 4.64. The smallest absolute Gasteiger partial charge is 0.341 e. The number of carbonyl (C=O) groups is 2. The number of anilines is 1. The van der Waals surface area contributed by atoms with Gasteiger partial charge < -0.3 is 20.3 Å². The van der Waals surface area contributed by atoms with Crippen LogP contribution in [0.5, 0.6) is 11.5 Å². The van der Waals surface area contributed by atoms with E-state index in [0.29, 0.717) is 5.69 Å². The predicted molar refractivity (Wildman–Crippen MR) is 97.2 cm³/mol. The lowest BCUT2D eigenvalue weighted by Gasteiger charge is -2.13. The van der Waals surface area contributed by atoms with Gasteiger partial charge in [-0.1, -0.05) is 27.5 Å². The second-order valence-corrected chi connectivity index (χ2v) is 6.42. The van der Waals surface area contributed by atoms with Crippen molar-refractivity contribution in [1.82, 2.24) is 0 Å². The molecule has 0 aliphatic heterocycles. The Hall–Kier alpha value is -2.25. The lowest BCUT2D eigenvalue weighted by Crippen LogP contribution is -2.14. The van der Waals surface area contributed by atoms with Crippen LogP contribution in [0.3, 0.4) is 0 Å². The average Bonchev–Trinajstić information content (AvgIpc) is 2.58. The van der Waals surface area contributed by atoms with Gasteiger partial charge in [-0.2, -0.15) is 0 Å². The summed E-state index contributed by atoms with van der Waals surface area (Å²) < 4.78 is 5.51. The fourth-order valence-corrected chi connectivity index (χ4v) is 2.75. The monoisotopic (exact) mass is 427 g/mol. The molecule has 0 spiro atoms. The van der Waals surface area contributed by atoms with Crippen molar-refractivity contribution in [1.29, 1.82) is 0 Å². The van der Waals surface area contributed by atoms with E-state index in [9.17, 15) is 19.8 Å². The molecular formula is C17H15BrClNO5. The Morgan fingerprint density at radius 2 is 1.84 bits per heavy atom. The number of carbonyl (C=O) groups excluding carboxylic acids is 2. The molecule has 132 valence electrons. The minimum Gasteiger partial charge on any atom is -0.507 e. The van der Waals surface area contributed by atoms with Crippen molar-refractivity contribution < 1.29 is 24.5 Å². The molecule has 8 heteroatoms. The first-order chi connectivity index (χ1) is 11.8. The highest BCUT2D eigenvalue weighted by Gasteiger charge is 2.23. The summed E-state index contributed by atoms with van der Waals surface area (Å²) in [5.74, 6) is -1.95. The van der Waals surface area contributed by atoms with Gasteiger partial charge in [0, 0.05) is 22.6 Å². The van der Waals surface area contributed by atoms with Crippen LogP contribution >= 0.6 is 27.5 Å². The molecule has 1 amide bonds. The van der Waals surface area contributed by atoms with E-state index in [0.717, 1.165) is 17.6 Å². The maximum absolute atomic E-state index is 12.1. The molecule has 0 aliphatic rings. The molecule has 3 N–H and O–H groups in total. The first-order valence-corrected chi connectivity index (χ1v) is 8.37. The maximum atomic E-state index is 12.1. The Morgan fingerprint density at radius 1 is 1.20 bits per heavy atom. The van der Waals surface area contributed by atoms with E-state index in [-0.39, 0.29) is 40.6 Å². The summed E-state index contributed by atoms with van der Waals surface area (Å²) >= 11 is 9.33. The quantitative estimate of drug-likeness (QED) is 0.628. The van der Waals surface area contributed by atoms with Gasteiger partial charge in [0.25, 0.3) is 0 Å². The van der Waals surface area contributed by atoms with Gasteiger partial charge in [-0.3, -0.25) is 4.79 Å². The minimum absolute atomic E-state index is 0.0112. The van der Waals surface area contributed by atoms with Gasteiger partial charge in [0.2, 0.25) is 5.91 Å². The van der Waals surface area contributed by atoms with Crippen LogP contribution in [0.25, 0.3) is 0 Å². The zero-order chi connectivity index (χ0) is 18.6. The highest BCUT2D eigenvalue weighted by Crippen LogP contribution is 2.37. The molecule has 2 aromatic carbocycles. The third-order valence-electron chi connectivity index (χ3n) is 3.44. The van der Waals surface area contributed by atoms with Crippen LogP contribution in [0.2, 0.25) is 5.02 Å². The van der Waals surface area contributed by atoms with Crippen molar-refractivity contribution in [2.45, 2.75) is 12.8 Å². The summed E-state index contributed by atoms with van der Waals surface area (Å²) in [6.07, 6.45) is 0.0241. The van der Waals surface area contributed by atoms with Gasteiger partial charge in [-0.15, -0.1) is 0 Å². The largest absolute Gasteiger partial charge is 0.507 e. The molecule has 0 bridgehead atoms. The molecule has 0 heterocycles. The molecule has 2 aromatic rings. The van der Waals surface area contributed by atoms with Crippen molar-refractivity contribution in [3.8, 4) is 11.5 Å². The predicted octanol–water partition coefficient (Wildman–Crippen LogP) is 3.87. The molecule has 0 atom stereocenters. The molecule has 25 heavy (non-hydrogen) atoms. The number of hydrogen-bond donors (Lipinski definition) is 3. The molecular weight excluding hydrogens is 414 g/mol. The Labute approximate surface area is 157 Å². The Kier molecular flexibility index (Phi) is 6.27. The number of rotatable bonds is 5. The van der Waals surface area contributed by atoms with Gasteiger partial charge in [-0.05, 0) is 36.2 Å². The molecule has 2 rings (SSSR count). The zero-order valence-electron chi connectivity index (χ0n) is 13.2. The number of hydrogen-bond acceptors (Lipinski definition) is 5. The van der Waals surface area contributed by atoms with Crippen LogP contribution in [-0.4, -0.2) is 29.2 Å². The SMILES string of the molecule is COC(=O)c1c(O)cc(O)c(Cl)c1CCC(=O)Nc1ccc(Br)cc1. The Balaban J connectivity index is 2.17. The van der Waals surface area contributed by atoms with Crippen molar-refractivity contribution >= 4 is 45.1 Å². The van der Waals surface area contributed by atoms with Crippen molar-refractivity contribution in [3.63, 3.8) is 0 Å². The molecule has 0 aliphatic carbocycles. The summed E-state index contributed by atoms with van der Waals surface area (Å²) in [6, 6.07) is 7.99. The fourth-order valence-electron chi connectivity index (χ4n) is 2.24. The molecule has 0 saturated heterocycles. The van der Waals surface area contributed by atoms with Crippen molar-refractivity contribution in [2.75, 3.05) is 12.4 Å². The number of esters is 1. The fraction of sp³-hybridized carbons (Fsp3) is 0.176.